The Morgan fingerprint density at radius 2 is 0.545 bits per heavy atom. The Hall–Kier alpha value is -2.49. The standard InChI is InChI=1S/C90H171NO8/c1-6-8-10-12-14-16-18-20-22-24-26-28-30-32-34-36-38-40-41-42-43-44-45-46-47-49-50-52-54-56-58-60-62-64-66-68-70-72-74-76-78-80-87(92)97-84-86(85-98-90(89(94)95)96-83-82-91(3,4)5)99-88(93)81-79-77-75-73-71-69-67-65-63-61-59-57-55-53-51-48-39-37-35-33-31-29-27-25-23-21-19-17-15-13-11-9-7-2/h19,21,24-27,86,90H,6-18,20,22-23,28-85H2,1-5H3/b21-19-,26-24-,27-25-. The van der Waals surface area contributed by atoms with Crippen molar-refractivity contribution in [3.05, 3.63) is 36.5 Å². The van der Waals surface area contributed by atoms with Gasteiger partial charge in [-0.25, -0.2) is 0 Å². The monoisotopic (exact) mass is 1390 g/mol. The predicted molar refractivity (Wildman–Crippen MR) is 426 cm³/mol. The molecule has 0 bridgehead atoms. The van der Waals surface area contributed by atoms with E-state index in [9.17, 15) is 19.5 Å². The molecule has 99 heavy (non-hydrogen) atoms. The summed E-state index contributed by atoms with van der Waals surface area (Å²) in [4.78, 5) is 37.7. The molecule has 0 aromatic heterocycles. The van der Waals surface area contributed by atoms with Crippen LogP contribution in [-0.2, 0) is 33.3 Å². The van der Waals surface area contributed by atoms with Crippen molar-refractivity contribution in [1.29, 1.82) is 0 Å². The van der Waals surface area contributed by atoms with E-state index in [4.69, 9.17) is 18.9 Å². The number of rotatable bonds is 84. The minimum atomic E-state index is -1.62. The zero-order valence-corrected chi connectivity index (χ0v) is 67.2. The molecular formula is C90H171NO8. The molecule has 0 heterocycles. The summed E-state index contributed by atoms with van der Waals surface area (Å²) in [6.45, 7) is 4.83. The van der Waals surface area contributed by atoms with E-state index < -0.39 is 24.3 Å². The van der Waals surface area contributed by atoms with Gasteiger partial charge in [0.15, 0.2) is 12.4 Å². The molecule has 9 nitrogen and oxygen atoms in total. The fourth-order valence-electron chi connectivity index (χ4n) is 13.6. The minimum absolute atomic E-state index is 0.152. The highest BCUT2D eigenvalue weighted by atomic mass is 16.7. The Labute approximate surface area is 617 Å². The zero-order chi connectivity index (χ0) is 71.8. The first-order valence-corrected chi connectivity index (χ1v) is 44.1. The van der Waals surface area contributed by atoms with Gasteiger partial charge in [0.1, 0.15) is 13.2 Å². The summed E-state index contributed by atoms with van der Waals surface area (Å²) in [5.41, 5.74) is 0. The molecule has 0 saturated heterocycles. The molecule has 0 fully saturated rings. The van der Waals surface area contributed by atoms with Crippen LogP contribution < -0.4 is 5.11 Å². The Balaban J connectivity index is 3.89. The van der Waals surface area contributed by atoms with Gasteiger partial charge in [-0.05, 0) is 70.6 Å². The molecule has 2 unspecified atom stereocenters. The van der Waals surface area contributed by atoms with Crippen molar-refractivity contribution in [2.75, 3.05) is 47.5 Å². The molecule has 0 saturated carbocycles. The number of hydrogen-bond donors (Lipinski definition) is 0. The fraction of sp³-hybridized carbons (Fsp3) is 0.900. The lowest BCUT2D eigenvalue weighted by Gasteiger charge is -2.26. The average molecular weight is 1400 g/mol. The van der Waals surface area contributed by atoms with Crippen LogP contribution >= 0.6 is 0 Å². The third kappa shape index (κ3) is 82.7. The fourth-order valence-corrected chi connectivity index (χ4v) is 13.6. The van der Waals surface area contributed by atoms with Crippen LogP contribution in [0.2, 0.25) is 0 Å². The Morgan fingerprint density at radius 3 is 0.808 bits per heavy atom. The number of nitrogens with zero attached hydrogens (tertiary/aromatic N) is 1. The molecule has 0 radical (unpaired) electrons. The second kappa shape index (κ2) is 81.2. The molecule has 0 aromatic carbocycles. The van der Waals surface area contributed by atoms with Crippen molar-refractivity contribution in [2.45, 2.75) is 476 Å². The number of allylic oxidation sites excluding steroid dienone is 6. The van der Waals surface area contributed by atoms with Crippen molar-refractivity contribution in [2.24, 2.45) is 0 Å². The maximum atomic E-state index is 13.0. The van der Waals surface area contributed by atoms with E-state index in [2.05, 4.69) is 50.3 Å². The molecule has 0 amide bonds. The van der Waals surface area contributed by atoms with Crippen LogP contribution in [-0.4, -0.2) is 82.3 Å². The maximum Gasteiger partial charge on any atom is 0.306 e. The van der Waals surface area contributed by atoms with Gasteiger partial charge >= 0.3 is 11.9 Å². The summed E-state index contributed by atoms with van der Waals surface area (Å²) >= 11 is 0. The molecular weight excluding hydrogens is 1220 g/mol. The first-order valence-electron chi connectivity index (χ1n) is 44.1. The molecule has 2 atom stereocenters. The Kier molecular flexibility index (Phi) is 79.1. The number of esters is 2. The molecule has 0 aliphatic rings. The third-order valence-electron chi connectivity index (χ3n) is 20.4. The SMILES string of the molecule is CCCCCCC/C=C\C/C=C\CCCCCCCCCCCCCCCCCCCCCCCC(=O)OC(COC(=O)CCCCCCCCCCCCCCCCCCCCCCCCCCCCCCC/C=C\CCCCCCCCCC)COC(OCC[N+](C)(C)C)C(=O)[O-]. The predicted octanol–water partition coefficient (Wildman–Crippen LogP) is 27.3. The van der Waals surface area contributed by atoms with Gasteiger partial charge in [-0.15, -0.1) is 0 Å². The highest BCUT2D eigenvalue weighted by molar-refractivity contribution is 5.70. The lowest BCUT2D eigenvalue weighted by Crippen LogP contribution is -2.44. The van der Waals surface area contributed by atoms with Crippen molar-refractivity contribution in [3.63, 3.8) is 0 Å². The number of carboxylic acid groups (broad SMARTS) is 1. The van der Waals surface area contributed by atoms with Crippen LogP contribution in [0.25, 0.3) is 0 Å². The second-order valence-corrected chi connectivity index (χ2v) is 31.5. The molecule has 584 valence electrons. The van der Waals surface area contributed by atoms with Crippen LogP contribution in [0.1, 0.15) is 463 Å². The summed E-state index contributed by atoms with van der Waals surface area (Å²) in [7, 11) is 5.96. The number of hydrogen-bond acceptors (Lipinski definition) is 8. The summed E-state index contributed by atoms with van der Waals surface area (Å²) in [5, 5.41) is 11.9. The van der Waals surface area contributed by atoms with Crippen LogP contribution in [0, 0.1) is 0 Å². The van der Waals surface area contributed by atoms with E-state index in [0.29, 0.717) is 17.4 Å². The minimum Gasteiger partial charge on any atom is -0.545 e. The highest BCUT2D eigenvalue weighted by Crippen LogP contribution is 2.21. The van der Waals surface area contributed by atoms with Crippen molar-refractivity contribution < 1.29 is 42.9 Å². The number of ether oxygens (including phenoxy) is 4. The van der Waals surface area contributed by atoms with E-state index in [1.807, 2.05) is 21.1 Å². The number of carbonyl (C=O) groups is 3. The average Bonchev–Trinajstić information content (AvgIpc) is 1.57. The van der Waals surface area contributed by atoms with Gasteiger partial charge in [-0.1, -0.05) is 416 Å². The van der Waals surface area contributed by atoms with Crippen molar-refractivity contribution in [3.8, 4) is 0 Å². The molecule has 9 heteroatoms. The number of unbranched alkanes of at least 4 members (excludes halogenated alkanes) is 63. The Morgan fingerprint density at radius 1 is 0.303 bits per heavy atom. The normalized spacial score (nSPS) is 12.7. The smallest absolute Gasteiger partial charge is 0.306 e. The molecule has 0 N–H and O–H groups in total. The van der Waals surface area contributed by atoms with Crippen LogP contribution in [0.5, 0.6) is 0 Å². The van der Waals surface area contributed by atoms with E-state index in [1.165, 1.54) is 392 Å². The van der Waals surface area contributed by atoms with E-state index in [-0.39, 0.29) is 32.2 Å². The third-order valence-corrected chi connectivity index (χ3v) is 20.4. The molecule has 0 rings (SSSR count). The first kappa shape index (κ1) is 96.5. The summed E-state index contributed by atoms with van der Waals surface area (Å²) in [6.07, 6.45) is 103. The summed E-state index contributed by atoms with van der Waals surface area (Å²) < 4.78 is 22.9. The molecule has 0 aliphatic heterocycles. The van der Waals surface area contributed by atoms with Gasteiger partial charge in [0, 0.05) is 12.8 Å². The lowest BCUT2D eigenvalue weighted by atomic mass is 10.0. The van der Waals surface area contributed by atoms with Gasteiger partial charge < -0.3 is 33.3 Å². The van der Waals surface area contributed by atoms with E-state index in [0.717, 1.165) is 44.9 Å². The van der Waals surface area contributed by atoms with Crippen LogP contribution in [0.15, 0.2) is 36.5 Å². The number of quaternary nitrogens is 1. The van der Waals surface area contributed by atoms with Gasteiger partial charge in [0.2, 0.25) is 0 Å². The van der Waals surface area contributed by atoms with Gasteiger partial charge in [0.25, 0.3) is 0 Å². The van der Waals surface area contributed by atoms with Gasteiger partial charge in [0.05, 0.1) is 40.3 Å². The first-order chi connectivity index (χ1) is 48.6. The second-order valence-electron chi connectivity index (χ2n) is 31.5. The van der Waals surface area contributed by atoms with E-state index >= 15 is 0 Å². The number of aliphatic carboxylic acids is 1. The Bertz CT molecular complexity index is 1720. The summed E-state index contributed by atoms with van der Waals surface area (Å²) in [6, 6.07) is 0. The van der Waals surface area contributed by atoms with E-state index in [1.54, 1.807) is 0 Å². The van der Waals surface area contributed by atoms with Gasteiger partial charge in [-0.3, -0.25) is 9.59 Å². The highest BCUT2D eigenvalue weighted by Gasteiger charge is 2.22. The quantitative estimate of drug-likeness (QED) is 0.0195. The van der Waals surface area contributed by atoms with Gasteiger partial charge in [-0.2, -0.15) is 0 Å². The zero-order valence-electron chi connectivity index (χ0n) is 67.2. The number of likely N-dealkylation sites (N-methyl/N-ethyl adjacent to an activating group) is 1. The maximum absolute atomic E-state index is 13.0. The summed E-state index contributed by atoms with van der Waals surface area (Å²) in [5.74, 6) is -2.24. The van der Waals surface area contributed by atoms with Crippen LogP contribution in [0.3, 0.4) is 0 Å². The van der Waals surface area contributed by atoms with Crippen LogP contribution in [0.4, 0.5) is 0 Å². The molecule has 0 aliphatic carbocycles. The number of carbonyl (C=O) groups excluding carboxylic acids is 3. The number of carboxylic acids is 1. The molecule has 0 aromatic rings. The van der Waals surface area contributed by atoms with Crippen molar-refractivity contribution >= 4 is 17.9 Å². The lowest BCUT2D eigenvalue weighted by molar-refractivity contribution is -0.870. The largest absolute Gasteiger partial charge is 0.545 e. The topological polar surface area (TPSA) is 111 Å². The molecule has 0 spiro atoms. The van der Waals surface area contributed by atoms with Crippen molar-refractivity contribution in [1.82, 2.24) is 0 Å².